The summed E-state index contributed by atoms with van der Waals surface area (Å²) in [5.74, 6) is 0. The Balaban J connectivity index is 1.54. The van der Waals surface area contributed by atoms with Gasteiger partial charge in [0.2, 0.25) is 0 Å². The third-order valence-electron chi connectivity index (χ3n) is 7.50. The molecule has 7 rings (SSSR count). The zero-order chi connectivity index (χ0) is 22.5. The molecule has 0 amide bonds. The molecule has 0 saturated carbocycles. The number of hydrogen-bond acceptors (Lipinski definition) is 3. The summed E-state index contributed by atoms with van der Waals surface area (Å²) in [7, 11) is 0. The highest BCUT2D eigenvalue weighted by Crippen LogP contribution is 2.62. The summed E-state index contributed by atoms with van der Waals surface area (Å²) in [5.41, 5.74) is 12.8. The van der Waals surface area contributed by atoms with Crippen molar-refractivity contribution in [2.24, 2.45) is 0 Å². The fourth-order valence-corrected chi connectivity index (χ4v) is 6.13. The Morgan fingerprint density at radius 3 is 1.41 bits per heavy atom. The molecule has 2 aliphatic carbocycles. The quantitative estimate of drug-likeness (QED) is 0.282. The van der Waals surface area contributed by atoms with Crippen LogP contribution in [0.5, 0.6) is 0 Å². The zero-order valence-electron chi connectivity index (χ0n) is 19.1. The van der Waals surface area contributed by atoms with Crippen LogP contribution in [0.15, 0.2) is 84.9 Å². The van der Waals surface area contributed by atoms with Gasteiger partial charge < -0.3 is 14.2 Å². The lowest BCUT2D eigenvalue weighted by Gasteiger charge is -2.31. The van der Waals surface area contributed by atoms with Crippen LogP contribution in [0.25, 0.3) is 22.3 Å². The van der Waals surface area contributed by atoms with E-state index in [1.807, 2.05) is 0 Å². The second kappa shape index (κ2) is 7.92. The first-order valence-corrected chi connectivity index (χ1v) is 12.1. The van der Waals surface area contributed by atoms with E-state index in [2.05, 4.69) is 84.9 Å². The minimum Gasteiger partial charge on any atom is -0.377 e. The molecule has 0 fully saturated rings. The summed E-state index contributed by atoms with van der Waals surface area (Å²) in [6.45, 7) is 3.47. The third kappa shape index (κ3) is 2.81. The van der Waals surface area contributed by atoms with Crippen LogP contribution in [-0.4, -0.2) is 26.4 Å². The first kappa shape index (κ1) is 20.2. The van der Waals surface area contributed by atoms with E-state index in [0.717, 1.165) is 0 Å². The summed E-state index contributed by atoms with van der Waals surface area (Å²) < 4.78 is 17.6. The van der Waals surface area contributed by atoms with Gasteiger partial charge in [0.25, 0.3) is 0 Å². The van der Waals surface area contributed by atoms with Crippen molar-refractivity contribution in [2.45, 2.75) is 18.6 Å². The minimum atomic E-state index is -0.329. The fraction of sp³-hybridized carbons (Fsp3) is 0.226. The molecule has 0 atom stereocenters. The summed E-state index contributed by atoms with van der Waals surface area (Å²) in [4.78, 5) is 0. The number of ether oxygens (including phenoxy) is 3. The summed E-state index contributed by atoms with van der Waals surface area (Å²) in [6.07, 6.45) is 0. The lowest BCUT2D eigenvalue weighted by molar-refractivity contribution is 0.00700. The molecular formula is C31H26O3. The minimum absolute atomic E-state index is 0.329. The highest BCUT2D eigenvalue weighted by molar-refractivity contribution is 5.95. The number of hydrogen-bond donors (Lipinski definition) is 0. The van der Waals surface area contributed by atoms with Crippen molar-refractivity contribution in [3.8, 4) is 22.3 Å². The van der Waals surface area contributed by atoms with Crippen LogP contribution in [0.2, 0.25) is 0 Å². The van der Waals surface area contributed by atoms with E-state index >= 15 is 0 Å². The van der Waals surface area contributed by atoms with Crippen molar-refractivity contribution < 1.29 is 14.2 Å². The maximum atomic E-state index is 5.97. The zero-order valence-corrected chi connectivity index (χ0v) is 19.1. The summed E-state index contributed by atoms with van der Waals surface area (Å²) in [6, 6.07) is 31.6. The van der Waals surface area contributed by atoms with Gasteiger partial charge in [0.05, 0.1) is 45.1 Å². The number of rotatable bonds is 0. The first-order chi connectivity index (χ1) is 16.9. The van der Waals surface area contributed by atoms with Crippen LogP contribution in [0.3, 0.4) is 0 Å². The molecule has 0 unspecified atom stereocenters. The molecule has 0 aromatic heterocycles. The van der Waals surface area contributed by atoms with Gasteiger partial charge in [-0.05, 0) is 55.6 Å². The van der Waals surface area contributed by atoms with Gasteiger partial charge in [-0.25, -0.2) is 0 Å². The molecule has 4 bridgehead atoms. The van der Waals surface area contributed by atoms with E-state index in [-0.39, 0.29) is 5.41 Å². The van der Waals surface area contributed by atoms with Crippen LogP contribution < -0.4 is 0 Å². The lowest BCUT2D eigenvalue weighted by Crippen LogP contribution is -2.26. The largest absolute Gasteiger partial charge is 0.377 e. The Morgan fingerprint density at radius 1 is 0.441 bits per heavy atom. The molecule has 34 heavy (non-hydrogen) atoms. The van der Waals surface area contributed by atoms with Gasteiger partial charge in [-0.2, -0.15) is 0 Å². The van der Waals surface area contributed by atoms with Crippen LogP contribution >= 0.6 is 0 Å². The summed E-state index contributed by atoms with van der Waals surface area (Å²) >= 11 is 0. The van der Waals surface area contributed by atoms with E-state index in [9.17, 15) is 0 Å². The summed E-state index contributed by atoms with van der Waals surface area (Å²) in [5, 5.41) is 0. The molecule has 0 N–H and O–H groups in total. The Labute approximate surface area is 199 Å². The van der Waals surface area contributed by atoms with Gasteiger partial charge in [-0.15, -0.1) is 0 Å². The van der Waals surface area contributed by atoms with Crippen molar-refractivity contribution in [1.82, 2.24) is 0 Å². The van der Waals surface area contributed by atoms with Gasteiger partial charge in [0.1, 0.15) is 0 Å². The molecule has 1 spiro atoms. The molecular weight excluding hydrogens is 420 g/mol. The predicted octanol–water partition coefficient (Wildman–Crippen LogP) is 6.09. The standard InChI is InChI=1S/C31H26O3/c1-3-7-27-23(5-1)25-11-9-21-17-29(25)31(27)28-8-4-2-6-24(28)26-12-10-22(18-30(26)31)20-34-16-14-32-13-15-33-19-21/h1-12,17-18H,13-16,19-20H2. The smallest absolute Gasteiger partial charge is 0.0725 e. The van der Waals surface area contributed by atoms with Crippen LogP contribution in [0, 0.1) is 0 Å². The molecule has 1 aliphatic heterocycles. The molecule has 0 radical (unpaired) electrons. The van der Waals surface area contributed by atoms with Crippen molar-refractivity contribution in [2.75, 3.05) is 26.4 Å². The number of benzene rings is 4. The van der Waals surface area contributed by atoms with Crippen LogP contribution in [0.1, 0.15) is 33.4 Å². The SMILES string of the molecule is c1ccc2c(c1)-c1ccc3cc1C21c2ccccc2-c2ccc(cc21)COCCOCCOC3. The molecule has 1 heterocycles. The molecule has 3 nitrogen and oxygen atoms in total. The molecule has 0 saturated heterocycles. The van der Waals surface area contributed by atoms with E-state index in [0.29, 0.717) is 39.6 Å². The van der Waals surface area contributed by atoms with Crippen molar-refractivity contribution >= 4 is 0 Å². The average Bonchev–Trinajstić information content (AvgIpc) is 3.34. The Morgan fingerprint density at radius 2 is 0.882 bits per heavy atom. The van der Waals surface area contributed by atoms with Gasteiger partial charge in [0.15, 0.2) is 0 Å². The number of fused-ring (bicyclic) bond motifs is 6. The predicted molar refractivity (Wildman–Crippen MR) is 133 cm³/mol. The first-order valence-electron chi connectivity index (χ1n) is 12.1. The lowest BCUT2D eigenvalue weighted by atomic mass is 9.70. The third-order valence-corrected chi connectivity index (χ3v) is 7.50. The van der Waals surface area contributed by atoms with Crippen molar-refractivity contribution in [3.63, 3.8) is 0 Å². The highest BCUT2D eigenvalue weighted by Gasteiger charge is 2.51. The van der Waals surface area contributed by atoms with Gasteiger partial charge in [0, 0.05) is 0 Å². The highest BCUT2D eigenvalue weighted by atomic mass is 16.5. The monoisotopic (exact) mass is 446 g/mol. The van der Waals surface area contributed by atoms with Gasteiger partial charge in [-0.3, -0.25) is 0 Å². The Bertz CT molecular complexity index is 1300. The molecule has 4 aromatic rings. The molecule has 4 aromatic carbocycles. The average molecular weight is 447 g/mol. The second-order valence-electron chi connectivity index (χ2n) is 9.32. The van der Waals surface area contributed by atoms with Crippen molar-refractivity contribution in [1.29, 1.82) is 0 Å². The van der Waals surface area contributed by atoms with Gasteiger partial charge in [-0.1, -0.05) is 84.9 Å². The van der Waals surface area contributed by atoms with E-state index in [1.54, 1.807) is 0 Å². The van der Waals surface area contributed by atoms with E-state index < -0.39 is 0 Å². The van der Waals surface area contributed by atoms with E-state index in [1.165, 1.54) is 55.6 Å². The molecule has 168 valence electrons. The maximum Gasteiger partial charge on any atom is 0.0725 e. The second-order valence-corrected chi connectivity index (χ2v) is 9.32. The fourth-order valence-electron chi connectivity index (χ4n) is 6.13. The Kier molecular flexibility index (Phi) is 4.69. The van der Waals surface area contributed by atoms with Gasteiger partial charge >= 0.3 is 0 Å². The van der Waals surface area contributed by atoms with Crippen LogP contribution in [-0.2, 0) is 32.8 Å². The van der Waals surface area contributed by atoms with Crippen LogP contribution in [0.4, 0.5) is 0 Å². The van der Waals surface area contributed by atoms with E-state index in [4.69, 9.17) is 14.2 Å². The molecule has 3 aliphatic rings. The Hall–Kier alpha value is -3.24. The maximum absolute atomic E-state index is 5.97. The molecule has 3 heteroatoms. The topological polar surface area (TPSA) is 27.7 Å². The van der Waals surface area contributed by atoms with Crippen molar-refractivity contribution in [3.05, 3.63) is 118 Å². The normalized spacial score (nSPS) is 17.8.